The van der Waals surface area contributed by atoms with Crippen molar-refractivity contribution in [1.82, 2.24) is 0 Å². The van der Waals surface area contributed by atoms with Crippen LogP contribution in [0.2, 0.25) is 0 Å². The summed E-state index contributed by atoms with van der Waals surface area (Å²) in [5.74, 6) is 2.13. The average Bonchev–Trinajstić information content (AvgIpc) is 2.38. The highest BCUT2D eigenvalue weighted by atomic mass is 16.5. The van der Waals surface area contributed by atoms with E-state index in [2.05, 4.69) is 52.0 Å². The van der Waals surface area contributed by atoms with Crippen molar-refractivity contribution in [3.05, 3.63) is 29.3 Å². The first kappa shape index (κ1) is 14.9. The van der Waals surface area contributed by atoms with Gasteiger partial charge in [0.25, 0.3) is 0 Å². The summed E-state index contributed by atoms with van der Waals surface area (Å²) in [7, 11) is 0. The van der Waals surface area contributed by atoms with E-state index >= 15 is 0 Å². The van der Waals surface area contributed by atoms with Gasteiger partial charge in [-0.2, -0.15) is 5.26 Å². The van der Waals surface area contributed by atoms with Gasteiger partial charge in [-0.15, -0.1) is 0 Å². The van der Waals surface area contributed by atoms with Crippen molar-refractivity contribution in [3.8, 4) is 11.8 Å². The molecular formula is C18H25NO. The number of aryl methyl sites for hydroxylation is 1. The molecule has 1 aliphatic carbocycles. The molecule has 1 fully saturated rings. The molecule has 3 unspecified atom stereocenters. The Morgan fingerprint density at radius 3 is 2.65 bits per heavy atom. The Hall–Kier alpha value is -1.49. The standard InChI is InChI=1S/C18H25NO/c1-12(2)17-8-7-16(10-14(17)4)20-18-9-13(3)5-6-15(18)11-19/h7-8,10,12-13,15,18H,5-6,9H2,1-4H3. The SMILES string of the molecule is Cc1cc(OC2CC(C)CCC2C#N)ccc1C(C)C. The molecule has 1 aliphatic rings. The molecule has 0 bridgehead atoms. The van der Waals surface area contributed by atoms with Crippen molar-refractivity contribution in [2.24, 2.45) is 11.8 Å². The topological polar surface area (TPSA) is 33.0 Å². The Bertz CT molecular complexity index is 501. The van der Waals surface area contributed by atoms with Crippen LogP contribution < -0.4 is 4.74 Å². The summed E-state index contributed by atoms with van der Waals surface area (Å²) >= 11 is 0. The maximum atomic E-state index is 9.27. The molecule has 1 aromatic rings. The summed E-state index contributed by atoms with van der Waals surface area (Å²) in [6.45, 7) is 8.79. The zero-order valence-corrected chi connectivity index (χ0v) is 13.0. The van der Waals surface area contributed by atoms with Crippen LogP contribution in [0, 0.1) is 30.1 Å². The van der Waals surface area contributed by atoms with Crippen LogP contribution in [-0.4, -0.2) is 6.10 Å². The van der Waals surface area contributed by atoms with Gasteiger partial charge in [0, 0.05) is 0 Å². The molecule has 0 radical (unpaired) electrons. The molecule has 0 N–H and O–H groups in total. The number of benzene rings is 1. The van der Waals surface area contributed by atoms with Crippen molar-refractivity contribution in [2.75, 3.05) is 0 Å². The number of nitrogens with zero attached hydrogens (tertiary/aromatic N) is 1. The van der Waals surface area contributed by atoms with Crippen LogP contribution in [0.15, 0.2) is 18.2 Å². The zero-order chi connectivity index (χ0) is 14.7. The summed E-state index contributed by atoms with van der Waals surface area (Å²) < 4.78 is 6.12. The number of hydrogen-bond acceptors (Lipinski definition) is 2. The van der Waals surface area contributed by atoms with Crippen LogP contribution in [0.25, 0.3) is 0 Å². The number of ether oxygens (including phenoxy) is 1. The van der Waals surface area contributed by atoms with E-state index in [1.807, 2.05) is 0 Å². The number of nitriles is 1. The quantitative estimate of drug-likeness (QED) is 0.789. The van der Waals surface area contributed by atoms with Crippen LogP contribution in [0.4, 0.5) is 0 Å². The summed E-state index contributed by atoms with van der Waals surface area (Å²) in [5.41, 5.74) is 2.64. The molecule has 0 saturated heterocycles. The highest BCUT2D eigenvalue weighted by molar-refractivity contribution is 5.36. The maximum absolute atomic E-state index is 9.27. The Balaban J connectivity index is 2.12. The molecule has 0 aromatic heterocycles. The lowest BCUT2D eigenvalue weighted by Gasteiger charge is -2.31. The molecule has 108 valence electrons. The third-order valence-corrected chi connectivity index (χ3v) is 4.37. The third-order valence-electron chi connectivity index (χ3n) is 4.37. The van der Waals surface area contributed by atoms with Gasteiger partial charge in [-0.25, -0.2) is 0 Å². The van der Waals surface area contributed by atoms with Crippen molar-refractivity contribution in [3.63, 3.8) is 0 Å². The average molecular weight is 271 g/mol. The van der Waals surface area contributed by atoms with Crippen LogP contribution >= 0.6 is 0 Å². The van der Waals surface area contributed by atoms with Gasteiger partial charge in [0.15, 0.2) is 0 Å². The fraction of sp³-hybridized carbons (Fsp3) is 0.611. The van der Waals surface area contributed by atoms with E-state index in [4.69, 9.17) is 4.74 Å². The minimum Gasteiger partial charge on any atom is -0.489 e. The fourth-order valence-electron chi connectivity index (χ4n) is 3.15. The van der Waals surface area contributed by atoms with E-state index in [0.29, 0.717) is 11.8 Å². The molecule has 0 spiro atoms. The molecule has 1 aromatic carbocycles. The van der Waals surface area contributed by atoms with Gasteiger partial charge in [0.1, 0.15) is 11.9 Å². The van der Waals surface area contributed by atoms with E-state index in [0.717, 1.165) is 25.0 Å². The molecule has 20 heavy (non-hydrogen) atoms. The molecule has 2 rings (SSSR count). The van der Waals surface area contributed by atoms with Gasteiger partial charge < -0.3 is 4.74 Å². The highest BCUT2D eigenvalue weighted by Crippen LogP contribution is 2.32. The van der Waals surface area contributed by atoms with Crippen LogP contribution in [-0.2, 0) is 0 Å². The van der Waals surface area contributed by atoms with Gasteiger partial charge in [-0.1, -0.05) is 26.8 Å². The van der Waals surface area contributed by atoms with Crippen molar-refractivity contribution in [1.29, 1.82) is 5.26 Å². The Labute approximate surface area is 122 Å². The Morgan fingerprint density at radius 2 is 2.05 bits per heavy atom. The van der Waals surface area contributed by atoms with Gasteiger partial charge in [0.2, 0.25) is 0 Å². The number of rotatable bonds is 3. The summed E-state index contributed by atoms with van der Waals surface area (Å²) in [5, 5.41) is 9.27. The maximum Gasteiger partial charge on any atom is 0.120 e. The first-order valence-electron chi connectivity index (χ1n) is 7.68. The second-order valence-electron chi connectivity index (χ2n) is 6.48. The molecule has 1 saturated carbocycles. The van der Waals surface area contributed by atoms with Crippen LogP contribution in [0.1, 0.15) is 57.1 Å². The summed E-state index contributed by atoms with van der Waals surface area (Å²) in [4.78, 5) is 0. The second-order valence-corrected chi connectivity index (χ2v) is 6.48. The minimum atomic E-state index is 0.0382. The Kier molecular flexibility index (Phi) is 4.70. The molecular weight excluding hydrogens is 246 g/mol. The lowest BCUT2D eigenvalue weighted by Crippen LogP contribution is -2.32. The van der Waals surface area contributed by atoms with Gasteiger partial charge in [0.05, 0.1) is 12.0 Å². The predicted octanol–water partition coefficient (Wildman–Crippen LogP) is 4.83. The van der Waals surface area contributed by atoms with Gasteiger partial charge >= 0.3 is 0 Å². The Morgan fingerprint density at radius 1 is 1.30 bits per heavy atom. The minimum absolute atomic E-state index is 0.0382. The largest absolute Gasteiger partial charge is 0.489 e. The van der Waals surface area contributed by atoms with E-state index < -0.39 is 0 Å². The first-order chi connectivity index (χ1) is 9.51. The van der Waals surface area contributed by atoms with Crippen molar-refractivity contribution >= 4 is 0 Å². The third kappa shape index (κ3) is 3.33. The highest BCUT2D eigenvalue weighted by Gasteiger charge is 2.30. The molecule has 3 atom stereocenters. The van der Waals surface area contributed by atoms with E-state index in [1.54, 1.807) is 0 Å². The fourth-order valence-corrected chi connectivity index (χ4v) is 3.15. The van der Waals surface area contributed by atoms with Crippen molar-refractivity contribution < 1.29 is 4.74 Å². The van der Waals surface area contributed by atoms with E-state index in [9.17, 15) is 5.26 Å². The molecule has 0 heterocycles. The van der Waals surface area contributed by atoms with Crippen LogP contribution in [0.5, 0.6) is 5.75 Å². The summed E-state index contributed by atoms with van der Waals surface area (Å²) in [6, 6.07) is 8.74. The van der Waals surface area contributed by atoms with E-state index in [1.165, 1.54) is 11.1 Å². The number of hydrogen-bond donors (Lipinski definition) is 0. The van der Waals surface area contributed by atoms with Gasteiger partial charge in [-0.05, 0) is 61.3 Å². The normalized spacial score (nSPS) is 26.3. The lowest BCUT2D eigenvalue weighted by molar-refractivity contribution is 0.0955. The van der Waals surface area contributed by atoms with E-state index in [-0.39, 0.29) is 12.0 Å². The monoisotopic (exact) mass is 271 g/mol. The predicted molar refractivity (Wildman–Crippen MR) is 81.8 cm³/mol. The van der Waals surface area contributed by atoms with Gasteiger partial charge in [-0.3, -0.25) is 0 Å². The first-order valence-corrected chi connectivity index (χ1v) is 7.68. The smallest absolute Gasteiger partial charge is 0.120 e. The summed E-state index contributed by atoms with van der Waals surface area (Å²) in [6.07, 6.45) is 3.14. The molecule has 2 nitrogen and oxygen atoms in total. The molecule has 0 aliphatic heterocycles. The molecule has 0 amide bonds. The lowest BCUT2D eigenvalue weighted by atomic mass is 9.81. The second kappa shape index (κ2) is 6.31. The van der Waals surface area contributed by atoms with Crippen LogP contribution in [0.3, 0.4) is 0 Å². The zero-order valence-electron chi connectivity index (χ0n) is 13.0. The molecule has 2 heteroatoms. The van der Waals surface area contributed by atoms with Crippen molar-refractivity contribution in [2.45, 2.75) is 59.0 Å².